The van der Waals surface area contributed by atoms with Crippen LogP contribution < -0.4 is 16.3 Å². The van der Waals surface area contributed by atoms with E-state index in [2.05, 4.69) is 34.9 Å². The first-order valence-corrected chi connectivity index (χ1v) is 19.0. The van der Waals surface area contributed by atoms with Gasteiger partial charge in [0.15, 0.2) is 11.6 Å². The van der Waals surface area contributed by atoms with Crippen LogP contribution in [0.3, 0.4) is 0 Å². The second-order valence-electron chi connectivity index (χ2n) is 14.8. The number of anilines is 2. The van der Waals surface area contributed by atoms with Gasteiger partial charge in [-0.05, 0) is 41.7 Å². The minimum Gasteiger partial charge on any atom is -0.508 e. The zero-order valence-corrected chi connectivity index (χ0v) is 31.6. The molecule has 2 fully saturated rings. The third kappa shape index (κ3) is 7.65. The fourth-order valence-electron chi connectivity index (χ4n) is 7.63. The summed E-state index contributed by atoms with van der Waals surface area (Å²) in [4.78, 5) is 53.4. The van der Waals surface area contributed by atoms with E-state index in [1.54, 1.807) is 18.5 Å². The van der Waals surface area contributed by atoms with Gasteiger partial charge in [0, 0.05) is 82.9 Å². The number of nitrogen functional groups attached to an aromatic ring is 1. The van der Waals surface area contributed by atoms with Gasteiger partial charge in [0.2, 0.25) is 11.9 Å². The Hall–Kier alpha value is -5.91. The fourth-order valence-corrected chi connectivity index (χ4v) is 7.63. The van der Waals surface area contributed by atoms with Crippen LogP contribution in [0.25, 0.3) is 28.5 Å². The summed E-state index contributed by atoms with van der Waals surface area (Å²) in [5.41, 5.74) is 10.7. The average molecular weight is 763 g/mol. The van der Waals surface area contributed by atoms with Crippen molar-refractivity contribution >= 4 is 17.7 Å². The third-order valence-corrected chi connectivity index (χ3v) is 10.7. The number of morpholine rings is 1. The number of carbonyl (C=O) groups excluding carboxylic acids is 1. The first-order valence-electron chi connectivity index (χ1n) is 19.0. The number of hydrogen-bond acceptors (Lipinski definition) is 14. The molecule has 1 amide bonds. The molecule has 3 aliphatic rings. The van der Waals surface area contributed by atoms with Gasteiger partial charge in [-0.3, -0.25) is 14.6 Å². The van der Waals surface area contributed by atoms with Gasteiger partial charge in [0.25, 0.3) is 0 Å². The van der Waals surface area contributed by atoms with Gasteiger partial charge in [0.1, 0.15) is 17.3 Å². The van der Waals surface area contributed by atoms with Crippen LogP contribution in [0.5, 0.6) is 11.5 Å². The zero-order valence-electron chi connectivity index (χ0n) is 31.6. The normalized spacial score (nSPS) is 16.7. The number of H-pyrrole nitrogens is 1. The Balaban J connectivity index is 0.888. The van der Waals surface area contributed by atoms with Crippen molar-refractivity contribution in [2.24, 2.45) is 0 Å². The number of phenols is 2. The number of amides is 1. The molecule has 3 aromatic heterocycles. The molecule has 5 aromatic rings. The highest BCUT2D eigenvalue weighted by Gasteiger charge is 2.29. The number of carbonyl (C=O) groups is 1. The maximum atomic E-state index is 13.6. The molecule has 2 saturated heterocycles. The van der Waals surface area contributed by atoms with E-state index in [-0.39, 0.29) is 35.1 Å². The average Bonchev–Trinajstić information content (AvgIpc) is 3.59. The molecule has 0 bridgehead atoms. The Morgan fingerprint density at radius 3 is 2.38 bits per heavy atom. The van der Waals surface area contributed by atoms with E-state index < -0.39 is 5.69 Å². The lowest BCUT2D eigenvalue weighted by Crippen LogP contribution is -2.51. The van der Waals surface area contributed by atoms with Crippen molar-refractivity contribution in [2.45, 2.75) is 39.3 Å². The number of phenolic OH excluding ortho intramolecular Hbond substituents is 2. The van der Waals surface area contributed by atoms with Crippen LogP contribution in [-0.4, -0.2) is 131 Å². The highest BCUT2D eigenvalue weighted by Crippen LogP contribution is 2.37. The molecule has 3 aliphatic heterocycles. The van der Waals surface area contributed by atoms with Crippen LogP contribution in [0.15, 0.2) is 53.6 Å². The van der Waals surface area contributed by atoms with Gasteiger partial charge in [-0.25, -0.2) is 34.4 Å². The number of nitrogens with zero attached hydrogens (tertiary/aromatic N) is 10. The molecule has 8 rings (SSSR count). The van der Waals surface area contributed by atoms with Gasteiger partial charge in [-0.15, -0.1) is 0 Å². The first-order chi connectivity index (χ1) is 27.1. The number of fused-ring (bicyclic) bond motifs is 1. The van der Waals surface area contributed by atoms with Gasteiger partial charge in [-0.2, -0.15) is 5.10 Å². The number of piperazine rings is 1. The quantitative estimate of drug-likeness (QED) is 0.170. The SMILES string of the molecule is CC(C)c1cc(-c2n[nH]c(=O)n2-c2ccc(CN3CCN(C(=O)CN4CCc5c(nc(-c6cnc(N)nc6)nc5N5CCOCC5)C4)CC3)cc2)c(O)cc1O. The molecule has 17 nitrogen and oxygen atoms in total. The van der Waals surface area contributed by atoms with Gasteiger partial charge in [-0.1, -0.05) is 26.0 Å². The second-order valence-corrected chi connectivity index (χ2v) is 14.8. The Kier molecular flexibility index (Phi) is 10.4. The smallest absolute Gasteiger partial charge is 0.348 e. The van der Waals surface area contributed by atoms with E-state index in [9.17, 15) is 19.8 Å². The topological polar surface area (TPSA) is 208 Å². The van der Waals surface area contributed by atoms with E-state index in [0.717, 1.165) is 61.8 Å². The lowest BCUT2D eigenvalue weighted by Gasteiger charge is -2.37. The number of aromatic amines is 1. The van der Waals surface area contributed by atoms with E-state index in [1.807, 2.05) is 43.0 Å². The molecule has 6 heterocycles. The molecule has 56 heavy (non-hydrogen) atoms. The third-order valence-electron chi connectivity index (χ3n) is 10.7. The largest absolute Gasteiger partial charge is 0.508 e. The fraction of sp³-hybridized carbons (Fsp3) is 0.410. The molecule has 5 N–H and O–H groups in total. The highest BCUT2D eigenvalue weighted by atomic mass is 16.5. The molecule has 0 radical (unpaired) electrons. The Bertz CT molecular complexity index is 2260. The number of aromatic hydroxyl groups is 2. The van der Waals surface area contributed by atoms with Crippen LogP contribution in [0.2, 0.25) is 0 Å². The number of hydrogen-bond donors (Lipinski definition) is 4. The Morgan fingerprint density at radius 2 is 1.66 bits per heavy atom. The monoisotopic (exact) mass is 762 g/mol. The zero-order chi connectivity index (χ0) is 38.9. The number of nitrogens with one attached hydrogen (secondary N) is 1. The molecule has 0 unspecified atom stereocenters. The predicted molar refractivity (Wildman–Crippen MR) is 208 cm³/mol. The maximum absolute atomic E-state index is 13.6. The number of ether oxygens (including phenoxy) is 1. The summed E-state index contributed by atoms with van der Waals surface area (Å²) in [6.07, 6.45) is 4.02. The number of nitrogens with two attached hydrogens (primary N) is 1. The molecule has 2 aromatic carbocycles. The van der Waals surface area contributed by atoms with E-state index >= 15 is 0 Å². The highest BCUT2D eigenvalue weighted by molar-refractivity contribution is 5.78. The van der Waals surface area contributed by atoms with Crippen LogP contribution >= 0.6 is 0 Å². The molecular weight excluding hydrogens is 717 g/mol. The van der Waals surface area contributed by atoms with Gasteiger partial charge in [0.05, 0.1) is 42.3 Å². The van der Waals surface area contributed by atoms with E-state index in [1.165, 1.54) is 10.6 Å². The number of benzene rings is 2. The lowest BCUT2D eigenvalue weighted by molar-refractivity contribution is -0.134. The summed E-state index contributed by atoms with van der Waals surface area (Å²) in [5, 5.41) is 27.7. The lowest BCUT2D eigenvalue weighted by atomic mass is 9.98. The van der Waals surface area contributed by atoms with Gasteiger partial charge < -0.3 is 30.5 Å². The molecule has 0 saturated carbocycles. The first kappa shape index (κ1) is 37.0. The molecule has 0 atom stereocenters. The summed E-state index contributed by atoms with van der Waals surface area (Å²) in [6.45, 7) is 11.7. The summed E-state index contributed by atoms with van der Waals surface area (Å²) in [5.74, 6) is 1.82. The minimum absolute atomic E-state index is 0.00174. The van der Waals surface area contributed by atoms with Crippen molar-refractivity contribution in [3.8, 4) is 40.0 Å². The van der Waals surface area contributed by atoms with Crippen molar-refractivity contribution in [3.63, 3.8) is 0 Å². The number of aromatic nitrogens is 7. The maximum Gasteiger partial charge on any atom is 0.348 e. The summed E-state index contributed by atoms with van der Waals surface area (Å²) < 4.78 is 7.01. The molecule has 0 aliphatic carbocycles. The van der Waals surface area contributed by atoms with Crippen molar-refractivity contribution in [3.05, 3.63) is 81.7 Å². The summed E-state index contributed by atoms with van der Waals surface area (Å²) in [6, 6.07) is 10.6. The standard InChI is InChI=1S/C39H46N12O5/c1-24(2)29-17-30(33(53)18-32(29)52)37-45-46-39(55)51(37)27-5-3-25(4-6-27)21-47-9-11-49(12-10-47)34(54)23-48-8-7-28-31(22-48)43-35(26-19-41-38(40)42-20-26)44-36(28)50-13-15-56-16-14-50/h3-6,17-20,24,52-53H,7-16,21-23H2,1-2H3,(H,46,55)(H2,40,41,42). The Labute approximate surface area is 323 Å². The molecular formula is C39H46N12O5. The van der Waals surface area contributed by atoms with Crippen LogP contribution in [0.4, 0.5) is 11.8 Å². The molecule has 0 spiro atoms. The van der Waals surface area contributed by atoms with E-state index in [0.29, 0.717) is 74.1 Å². The molecule has 17 heteroatoms. The second kappa shape index (κ2) is 15.7. The number of rotatable bonds is 9. The molecule has 292 valence electrons. The van der Waals surface area contributed by atoms with Crippen molar-refractivity contribution in [1.29, 1.82) is 0 Å². The Morgan fingerprint density at radius 1 is 0.929 bits per heavy atom. The minimum atomic E-state index is -0.440. The van der Waals surface area contributed by atoms with Crippen LogP contribution in [0.1, 0.15) is 42.1 Å². The van der Waals surface area contributed by atoms with Gasteiger partial charge >= 0.3 is 5.69 Å². The van der Waals surface area contributed by atoms with Crippen LogP contribution in [0, 0.1) is 0 Å². The van der Waals surface area contributed by atoms with E-state index in [4.69, 9.17) is 20.4 Å². The predicted octanol–water partition coefficient (Wildman–Crippen LogP) is 2.13. The van der Waals surface area contributed by atoms with Crippen molar-refractivity contribution < 1.29 is 19.7 Å². The van der Waals surface area contributed by atoms with Crippen LogP contribution in [-0.2, 0) is 29.0 Å². The van der Waals surface area contributed by atoms with Crippen molar-refractivity contribution in [1.82, 2.24) is 49.4 Å². The summed E-state index contributed by atoms with van der Waals surface area (Å²) in [7, 11) is 0. The summed E-state index contributed by atoms with van der Waals surface area (Å²) >= 11 is 0. The van der Waals surface area contributed by atoms with Crippen molar-refractivity contribution in [2.75, 3.05) is 76.2 Å².